The molecular formula is C24H20ClN5OS. The van der Waals surface area contributed by atoms with E-state index in [4.69, 9.17) is 11.6 Å². The standard InChI is InChI=1S/C24H20ClN5OS/c1-13(2)24(31)30-19-11-15(6-7-27-19)21-17(12-26)20(16-5-4-14(3)10-18(16)25)22(32-21)23-28-8-9-29-23/h4-11,13H,1-3H3,(H,28,29)(H,27,30,31). The van der Waals surface area contributed by atoms with Crippen molar-refractivity contribution in [3.8, 4) is 38.3 Å². The second kappa shape index (κ2) is 8.95. The van der Waals surface area contributed by atoms with Gasteiger partial charge in [-0.1, -0.05) is 37.6 Å². The number of carbonyl (C=O) groups excluding carboxylic acids is 1. The lowest BCUT2D eigenvalue weighted by Crippen LogP contribution is -2.18. The highest BCUT2D eigenvalue weighted by molar-refractivity contribution is 7.19. The predicted octanol–water partition coefficient (Wildman–Crippen LogP) is 6.30. The van der Waals surface area contributed by atoms with E-state index in [-0.39, 0.29) is 11.8 Å². The van der Waals surface area contributed by atoms with Crippen molar-refractivity contribution in [2.75, 3.05) is 5.32 Å². The van der Waals surface area contributed by atoms with Crippen LogP contribution in [0.2, 0.25) is 5.02 Å². The summed E-state index contributed by atoms with van der Waals surface area (Å²) in [4.78, 5) is 25.5. The molecule has 0 aliphatic carbocycles. The topological polar surface area (TPSA) is 94.5 Å². The van der Waals surface area contributed by atoms with E-state index >= 15 is 0 Å². The van der Waals surface area contributed by atoms with Crippen LogP contribution in [0.25, 0.3) is 32.3 Å². The lowest BCUT2D eigenvalue weighted by Gasteiger charge is -2.08. The monoisotopic (exact) mass is 461 g/mol. The quantitative estimate of drug-likeness (QED) is 0.364. The van der Waals surface area contributed by atoms with Crippen LogP contribution in [0.4, 0.5) is 5.82 Å². The largest absolute Gasteiger partial charge is 0.344 e. The third kappa shape index (κ3) is 4.15. The molecule has 160 valence electrons. The molecule has 0 fully saturated rings. The first-order chi connectivity index (χ1) is 15.4. The summed E-state index contributed by atoms with van der Waals surface area (Å²) in [5.41, 5.74) is 3.82. The SMILES string of the molecule is Cc1ccc(-c2c(-c3ncc[nH]3)sc(-c3ccnc(NC(=O)C(C)C)c3)c2C#N)c(Cl)c1. The van der Waals surface area contributed by atoms with E-state index < -0.39 is 0 Å². The van der Waals surface area contributed by atoms with Crippen molar-refractivity contribution in [3.63, 3.8) is 0 Å². The molecule has 3 aromatic heterocycles. The van der Waals surface area contributed by atoms with Gasteiger partial charge in [0.25, 0.3) is 0 Å². The Labute approximate surface area is 194 Å². The fourth-order valence-corrected chi connectivity index (χ4v) is 4.84. The van der Waals surface area contributed by atoms with Crippen LogP contribution in [0.5, 0.6) is 0 Å². The van der Waals surface area contributed by atoms with E-state index in [0.29, 0.717) is 22.2 Å². The molecule has 0 aliphatic heterocycles. The summed E-state index contributed by atoms with van der Waals surface area (Å²) in [7, 11) is 0. The molecule has 1 aromatic carbocycles. The summed E-state index contributed by atoms with van der Waals surface area (Å²) in [6.45, 7) is 5.61. The summed E-state index contributed by atoms with van der Waals surface area (Å²) < 4.78 is 0. The first kappa shape index (κ1) is 21.8. The zero-order chi connectivity index (χ0) is 22.8. The van der Waals surface area contributed by atoms with Gasteiger partial charge in [-0.15, -0.1) is 11.3 Å². The van der Waals surface area contributed by atoms with Crippen molar-refractivity contribution in [2.45, 2.75) is 20.8 Å². The van der Waals surface area contributed by atoms with Crippen LogP contribution in [0.3, 0.4) is 0 Å². The molecule has 0 aliphatic rings. The summed E-state index contributed by atoms with van der Waals surface area (Å²) in [5, 5.41) is 13.5. The normalized spacial score (nSPS) is 10.9. The van der Waals surface area contributed by atoms with Crippen molar-refractivity contribution < 1.29 is 4.79 Å². The minimum Gasteiger partial charge on any atom is -0.344 e. The van der Waals surface area contributed by atoms with Gasteiger partial charge in [0.15, 0.2) is 0 Å². The number of benzene rings is 1. The number of halogens is 1. The molecule has 0 atom stereocenters. The Kier molecular flexibility index (Phi) is 6.08. The number of pyridine rings is 1. The van der Waals surface area contributed by atoms with Crippen LogP contribution >= 0.6 is 22.9 Å². The highest BCUT2D eigenvalue weighted by atomic mass is 35.5. The Morgan fingerprint density at radius 2 is 2.00 bits per heavy atom. The number of nitrogens with one attached hydrogen (secondary N) is 2. The van der Waals surface area contributed by atoms with E-state index in [2.05, 4.69) is 26.3 Å². The van der Waals surface area contributed by atoms with Crippen LogP contribution in [0.15, 0.2) is 48.9 Å². The lowest BCUT2D eigenvalue weighted by molar-refractivity contribution is -0.118. The van der Waals surface area contributed by atoms with Gasteiger partial charge < -0.3 is 10.3 Å². The molecule has 6 nitrogen and oxygen atoms in total. The molecule has 0 radical (unpaired) electrons. The Hall–Kier alpha value is -3.47. The van der Waals surface area contributed by atoms with E-state index in [1.165, 1.54) is 11.3 Å². The molecule has 2 N–H and O–H groups in total. The molecule has 8 heteroatoms. The number of hydrogen-bond donors (Lipinski definition) is 2. The number of aromatic amines is 1. The van der Waals surface area contributed by atoms with Gasteiger partial charge in [-0.3, -0.25) is 4.79 Å². The van der Waals surface area contributed by atoms with Crippen molar-refractivity contribution >= 4 is 34.7 Å². The first-order valence-corrected chi connectivity index (χ1v) is 11.2. The molecule has 1 amide bonds. The average molecular weight is 462 g/mol. The number of hydrogen-bond acceptors (Lipinski definition) is 5. The highest BCUT2D eigenvalue weighted by Crippen LogP contribution is 2.48. The smallest absolute Gasteiger partial charge is 0.228 e. The molecule has 0 saturated heterocycles. The maximum atomic E-state index is 12.1. The maximum absolute atomic E-state index is 12.1. The zero-order valence-electron chi connectivity index (χ0n) is 17.7. The molecule has 4 aromatic rings. The molecule has 4 rings (SSSR count). The van der Waals surface area contributed by atoms with Crippen LogP contribution < -0.4 is 5.32 Å². The number of aromatic nitrogens is 3. The molecule has 0 unspecified atom stereocenters. The van der Waals surface area contributed by atoms with E-state index in [9.17, 15) is 10.1 Å². The lowest BCUT2D eigenvalue weighted by atomic mass is 9.97. The van der Waals surface area contributed by atoms with Crippen molar-refractivity contribution in [1.82, 2.24) is 15.0 Å². The van der Waals surface area contributed by atoms with Crippen molar-refractivity contribution in [1.29, 1.82) is 5.26 Å². The van der Waals surface area contributed by atoms with Gasteiger partial charge >= 0.3 is 0 Å². The number of aryl methyl sites for hydroxylation is 1. The van der Waals surface area contributed by atoms with Gasteiger partial charge in [0.05, 0.1) is 15.3 Å². The maximum Gasteiger partial charge on any atom is 0.228 e. The zero-order valence-corrected chi connectivity index (χ0v) is 19.3. The van der Waals surface area contributed by atoms with Crippen LogP contribution in [0.1, 0.15) is 25.0 Å². The first-order valence-electron chi connectivity index (χ1n) is 9.99. The minimum absolute atomic E-state index is 0.121. The Morgan fingerprint density at radius 1 is 1.19 bits per heavy atom. The van der Waals surface area contributed by atoms with Crippen LogP contribution in [0, 0.1) is 24.2 Å². The summed E-state index contributed by atoms with van der Waals surface area (Å²) in [6.07, 6.45) is 5.04. The predicted molar refractivity (Wildman–Crippen MR) is 128 cm³/mol. The van der Waals surface area contributed by atoms with E-state index in [1.54, 1.807) is 24.7 Å². The number of thiophene rings is 1. The second-order valence-electron chi connectivity index (χ2n) is 7.62. The molecule has 0 saturated carbocycles. The number of rotatable bonds is 5. The summed E-state index contributed by atoms with van der Waals surface area (Å²) in [6, 6.07) is 11.7. The van der Waals surface area contributed by atoms with Gasteiger partial charge in [0.1, 0.15) is 17.7 Å². The Morgan fingerprint density at radius 3 is 2.66 bits per heavy atom. The fraction of sp³-hybridized carbons (Fsp3) is 0.167. The van der Waals surface area contributed by atoms with Crippen molar-refractivity contribution in [2.24, 2.45) is 5.92 Å². The number of nitrogens with zero attached hydrogens (tertiary/aromatic N) is 3. The molecule has 32 heavy (non-hydrogen) atoms. The van der Waals surface area contributed by atoms with Gasteiger partial charge in [-0.05, 0) is 36.2 Å². The molecular weight excluding hydrogens is 442 g/mol. The van der Waals surface area contributed by atoms with Crippen LogP contribution in [-0.2, 0) is 4.79 Å². The van der Waals surface area contributed by atoms with Gasteiger partial charge in [-0.25, -0.2) is 9.97 Å². The van der Waals surface area contributed by atoms with Crippen molar-refractivity contribution in [3.05, 3.63) is 65.1 Å². The number of anilines is 1. The number of imidazole rings is 1. The van der Waals surface area contributed by atoms with Gasteiger partial charge in [0.2, 0.25) is 5.91 Å². The van der Waals surface area contributed by atoms with Gasteiger partial charge in [0, 0.05) is 40.7 Å². The van der Waals surface area contributed by atoms with E-state index in [1.807, 2.05) is 45.0 Å². The third-order valence-electron chi connectivity index (χ3n) is 4.93. The fourth-order valence-electron chi connectivity index (χ4n) is 3.29. The average Bonchev–Trinajstić information content (AvgIpc) is 3.41. The second-order valence-corrected chi connectivity index (χ2v) is 9.04. The number of amides is 1. The molecule has 3 heterocycles. The number of nitriles is 1. The minimum atomic E-state index is -0.169. The Balaban J connectivity index is 1.92. The third-order valence-corrected chi connectivity index (χ3v) is 6.48. The van der Waals surface area contributed by atoms with E-state index in [0.717, 1.165) is 32.0 Å². The summed E-state index contributed by atoms with van der Waals surface area (Å²) >= 11 is 8.05. The van der Waals surface area contributed by atoms with Gasteiger partial charge in [-0.2, -0.15) is 5.26 Å². The van der Waals surface area contributed by atoms with Crippen LogP contribution in [-0.4, -0.2) is 20.9 Å². The molecule has 0 bridgehead atoms. The highest BCUT2D eigenvalue weighted by Gasteiger charge is 2.25. The Bertz CT molecular complexity index is 1340. The number of carbonyl (C=O) groups is 1. The summed E-state index contributed by atoms with van der Waals surface area (Å²) in [5.74, 6) is 0.808. The number of H-pyrrole nitrogens is 1. The molecule has 0 spiro atoms.